The van der Waals surface area contributed by atoms with Crippen molar-refractivity contribution in [1.82, 2.24) is 9.30 Å². The summed E-state index contributed by atoms with van der Waals surface area (Å²) in [5.41, 5.74) is 2.54. The molecule has 0 atom stereocenters. The molecular formula is C29H20Cl2FN3O4. The number of carbonyl (C=O) groups is 2. The van der Waals surface area contributed by atoms with Gasteiger partial charge in [-0.15, -0.1) is 0 Å². The minimum atomic E-state index is -1.09. The maximum atomic E-state index is 13.4. The fourth-order valence-electron chi connectivity index (χ4n) is 4.09. The van der Waals surface area contributed by atoms with Gasteiger partial charge in [0.25, 0.3) is 5.78 Å². The van der Waals surface area contributed by atoms with Crippen LogP contribution in [0.5, 0.6) is 5.75 Å². The van der Waals surface area contributed by atoms with Crippen molar-refractivity contribution in [1.29, 1.82) is 0 Å². The lowest BCUT2D eigenvalue weighted by Crippen LogP contribution is -2.18. The predicted octanol–water partition coefficient (Wildman–Crippen LogP) is 6.06. The zero-order valence-electron chi connectivity index (χ0n) is 20.2. The van der Waals surface area contributed by atoms with Crippen molar-refractivity contribution in [2.24, 2.45) is 4.99 Å². The molecule has 0 spiro atoms. The molecule has 196 valence electrons. The van der Waals surface area contributed by atoms with Crippen LogP contribution >= 0.6 is 23.2 Å². The molecule has 0 aliphatic carbocycles. The molecular weight excluding hydrogens is 544 g/mol. The lowest BCUT2D eigenvalue weighted by molar-refractivity contribution is -0.114. The van der Waals surface area contributed by atoms with Crippen molar-refractivity contribution < 1.29 is 23.9 Å². The molecule has 0 radical (unpaired) electrons. The number of hydrogen-bond donors (Lipinski definition) is 1. The zero-order valence-corrected chi connectivity index (χ0v) is 21.7. The molecule has 5 aromatic rings. The third-order valence-electron chi connectivity index (χ3n) is 5.96. The molecule has 10 heteroatoms. The molecule has 0 fully saturated rings. The Bertz CT molecular complexity index is 1740. The number of rotatable bonds is 7. The van der Waals surface area contributed by atoms with Crippen LogP contribution in [0, 0.1) is 5.82 Å². The Morgan fingerprint density at radius 2 is 1.59 bits per heavy atom. The summed E-state index contributed by atoms with van der Waals surface area (Å²) >= 11 is 12.1. The fourth-order valence-corrected chi connectivity index (χ4v) is 4.62. The van der Waals surface area contributed by atoms with Crippen molar-refractivity contribution in [3.63, 3.8) is 0 Å². The van der Waals surface area contributed by atoms with E-state index < -0.39 is 11.7 Å². The van der Waals surface area contributed by atoms with Crippen LogP contribution < -0.4 is 10.1 Å². The molecule has 5 rings (SSSR count). The Balaban J connectivity index is 1.54. The number of fused-ring (bicyclic) bond motifs is 1. The van der Waals surface area contributed by atoms with Gasteiger partial charge in [-0.3, -0.25) is 9.59 Å². The summed E-state index contributed by atoms with van der Waals surface area (Å²) in [5, 5.41) is 9.68. The molecule has 1 amide bonds. The van der Waals surface area contributed by atoms with Crippen molar-refractivity contribution >= 4 is 45.8 Å². The van der Waals surface area contributed by atoms with E-state index in [1.165, 1.54) is 12.1 Å². The smallest absolute Gasteiger partial charge is 0.318 e. The largest absolute Gasteiger partial charge is 0.489 e. The molecule has 0 bridgehead atoms. The van der Waals surface area contributed by atoms with E-state index in [0.717, 1.165) is 23.5 Å². The Morgan fingerprint density at radius 1 is 0.897 bits per heavy atom. The summed E-state index contributed by atoms with van der Waals surface area (Å²) in [6.45, 7) is 0.641. The Labute approximate surface area is 231 Å². The molecule has 0 aliphatic rings. The van der Waals surface area contributed by atoms with E-state index in [9.17, 15) is 19.2 Å². The van der Waals surface area contributed by atoms with Crippen molar-refractivity contribution in [2.75, 3.05) is 0 Å². The summed E-state index contributed by atoms with van der Waals surface area (Å²) in [6, 6.07) is 20.9. The molecule has 2 aromatic heterocycles. The van der Waals surface area contributed by atoms with Crippen LogP contribution in [0.15, 0.2) is 96.4 Å². The molecule has 3 aromatic carbocycles. The number of aromatic nitrogens is 2. The van der Waals surface area contributed by atoms with Gasteiger partial charge in [0, 0.05) is 23.6 Å². The van der Waals surface area contributed by atoms with Crippen LogP contribution in [0.25, 0.3) is 10.9 Å². The first kappa shape index (κ1) is 26.2. The SMILES string of the molecule is O=C(N=c1c(Cl)cn(O)cc1Cl)C(=O)c1cn(Cc2ccc(F)cc2)c2ccc(OCc3ccccc3)cc12. The van der Waals surface area contributed by atoms with Crippen LogP contribution in [-0.4, -0.2) is 26.2 Å². The Kier molecular flexibility index (Phi) is 7.49. The molecule has 0 unspecified atom stereocenters. The van der Waals surface area contributed by atoms with Crippen molar-refractivity contribution in [2.45, 2.75) is 13.2 Å². The highest BCUT2D eigenvalue weighted by Gasteiger charge is 2.23. The summed E-state index contributed by atoms with van der Waals surface area (Å²) in [7, 11) is 0. The molecule has 7 nitrogen and oxygen atoms in total. The summed E-state index contributed by atoms with van der Waals surface area (Å²) in [5.74, 6) is -1.83. The first-order chi connectivity index (χ1) is 18.8. The maximum Gasteiger partial charge on any atom is 0.318 e. The molecule has 1 N–H and O–H groups in total. The Hall–Kier alpha value is -4.40. The molecule has 0 aliphatic heterocycles. The normalized spacial score (nSPS) is 10.9. The van der Waals surface area contributed by atoms with Crippen LogP contribution in [0.4, 0.5) is 4.39 Å². The minimum Gasteiger partial charge on any atom is -0.489 e. The highest BCUT2D eigenvalue weighted by Crippen LogP contribution is 2.28. The predicted molar refractivity (Wildman–Crippen MR) is 145 cm³/mol. The van der Waals surface area contributed by atoms with E-state index >= 15 is 0 Å². The van der Waals surface area contributed by atoms with E-state index in [2.05, 4.69) is 4.99 Å². The van der Waals surface area contributed by atoms with Crippen LogP contribution in [-0.2, 0) is 17.9 Å². The Morgan fingerprint density at radius 3 is 2.28 bits per heavy atom. The average Bonchev–Trinajstić information content (AvgIpc) is 3.28. The molecule has 2 heterocycles. The molecule has 0 saturated heterocycles. The van der Waals surface area contributed by atoms with E-state index in [-0.39, 0.29) is 26.8 Å². The van der Waals surface area contributed by atoms with E-state index in [1.54, 1.807) is 41.1 Å². The summed E-state index contributed by atoms with van der Waals surface area (Å²) in [4.78, 5) is 30.2. The van der Waals surface area contributed by atoms with Gasteiger partial charge in [0.2, 0.25) is 0 Å². The summed E-state index contributed by atoms with van der Waals surface area (Å²) in [6.07, 6.45) is 3.74. The number of nitrogens with zero attached hydrogens (tertiary/aromatic N) is 3. The third kappa shape index (κ3) is 5.87. The number of ether oxygens (including phenoxy) is 1. The van der Waals surface area contributed by atoms with E-state index in [1.807, 2.05) is 30.3 Å². The first-order valence-corrected chi connectivity index (χ1v) is 12.5. The van der Waals surface area contributed by atoms with Gasteiger partial charge in [0.05, 0.1) is 28.0 Å². The lowest BCUT2D eigenvalue weighted by atomic mass is 10.1. The van der Waals surface area contributed by atoms with Gasteiger partial charge >= 0.3 is 5.91 Å². The first-order valence-electron chi connectivity index (χ1n) is 11.7. The van der Waals surface area contributed by atoms with Crippen LogP contribution in [0.3, 0.4) is 0 Å². The number of halogens is 3. The monoisotopic (exact) mass is 563 g/mol. The van der Waals surface area contributed by atoms with E-state index in [4.69, 9.17) is 27.9 Å². The second kappa shape index (κ2) is 11.1. The van der Waals surface area contributed by atoms with Gasteiger partial charge in [-0.1, -0.05) is 65.7 Å². The number of pyridine rings is 1. The van der Waals surface area contributed by atoms with Crippen LogP contribution in [0.2, 0.25) is 10.0 Å². The van der Waals surface area contributed by atoms with Crippen LogP contribution in [0.1, 0.15) is 21.5 Å². The zero-order chi connectivity index (χ0) is 27.5. The van der Waals surface area contributed by atoms with Gasteiger partial charge < -0.3 is 14.5 Å². The average molecular weight is 564 g/mol. The number of ketones is 1. The highest BCUT2D eigenvalue weighted by molar-refractivity contribution is 6.45. The second-order valence-corrected chi connectivity index (χ2v) is 9.49. The van der Waals surface area contributed by atoms with Gasteiger partial charge in [-0.25, -0.2) is 9.38 Å². The van der Waals surface area contributed by atoms with Gasteiger partial charge in [-0.2, -0.15) is 4.73 Å². The number of amides is 1. The fraction of sp³-hybridized carbons (Fsp3) is 0.0690. The number of benzene rings is 3. The number of carbonyl (C=O) groups excluding carboxylic acids is 2. The highest BCUT2D eigenvalue weighted by atomic mass is 35.5. The third-order valence-corrected chi connectivity index (χ3v) is 6.52. The van der Waals surface area contributed by atoms with Gasteiger partial charge in [0.1, 0.15) is 23.5 Å². The lowest BCUT2D eigenvalue weighted by Gasteiger charge is -2.08. The summed E-state index contributed by atoms with van der Waals surface area (Å²) < 4.78 is 21.8. The van der Waals surface area contributed by atoms with Crippen molar-refractivity contribution in [3.05, 3.63) is 129 Å². The quantitative estimate of drug-likeness (QED) is 0.148. The van der Waals surface area contributed by atoms with E-state index in [0.29, 0.717) is 34.5 Å². The second-order valence-electron chi connectivity index (χ2n) is 8.68. The minimum absolute atomic E-state index is 0.103. The molecule has 0 saturated carbocycles. The number of hydrogen-bond acceptors (Lipinski definition) is 4. The standard InChI is InChI=1S/C29H20Cl2FN3O4/c30-24-15-35(38)16-25(31)27(24)33-29(37)28(36)23-14-34(13-18-6-8-20(32)9-7-18)26-11-10-21(12-22(23)26)39-17-19-4-2-1-3-5-19/h1-12,14-16,38H,13,17H2. The topological polar surface area (TPSA) is 85.8 Å². The van der Waals surface area contributed by atoms with Crippen molar-refractivity contribution in [3.8, 4) is 5.75 Å². The van der Waals surface area contributed by atoms with Gasteiger partial charge in [-0.05, 0) is 41.5 Å². The maximum absolute atomic E-state index is 13.4. The number of Topliss-reactive ketones (excluding diaryl/α,β-unsaturated/α-hetero) is 1. The molecule has 39 heavy (non-hydrogen) atoms. The van der Waals surface area contributed by atoms with Gasteiger partial charge in [0.15, 0.2) is 0 Å².